The molecule has 1 N–H and O–H groups in total. The first-order valence-corrected chi connectivity index (χ1v) is 14.7. The number of halogens is 4. The molecule has 2 amide bonds. The van der Waals surface area contributed by atoms with Crippen LogP contribution in [0.1, 0.15) is 47.3 Å². The molecule has 8 nitrogen and oxygen atoms in total. The van der Waals surface area contributed by atoms with Gasteiger partial charge in [-0.25, -0.2) is 0 Å². The maximum atomic E-state index is 14.0. The van der Waals surface area contributed by atoms with Gasteiger partial charge in [-0.15, -0.1) is 0 Å². The highest BCUT2D eigenvalue weighted by Gasteiger charge is 2.62. The minimum Gasteiger partial charge on any atom is -0.371 e. The van der Waals surface area contributed by atoms with Gasteiger partial charge in [-0.3, -0.25) is 9.59 Å². The van der Waals surface area contributed by atoms with E-state index in [0.29, 0.717) is 41.6 Å². The van der Waals surface area contributed by atoms with Gasteiger partial charge in [0, 0.05) is 50.5 Å². The maximum absolute atomic E-state index is 14.0. The SMILES string of the molecule is CN(Cc1ccon1)C(=O)c1ccc(N2CCC(C3CCN(C(=O)[C@](O)(c4ccccc4)C(F)(F)F)CC3)CC2)cc1Cl. The summed E-state index contributed by atoms with van der Waals surface area (Å²) in [5.41, 5.74) is -2.08. The number of hydrogen-bond donors (Lipinski definition) is 1. The lowest BCUT2D eigenvalue weighted by Crippen LogP contribution is -2.57. The minimum atomic E-state index is -5.14. The van der Waals surface area contributed by atoms with Crippen molar-refractivity contribution in [2.45, 2.75) is 44.0 Å². The molecule has 3 heterocycles. The Balaban J connectivity index is 1.15. The average Bonchev–Trinajstić information content (AvgIpc) is 3.53. The zero-order chi connectivity index (χ0) is 30.8. The van der Waals surface area contributed by atoms with E-state index in [1.54, 1.807) is 25.2 Å². The molecule has 2 saturated heterocycles. The van der Waals surface area contributed by atoms with E-state index in [-0.39, 0.29) is 24.9 Å². The Morgan fingerprint density at radius 1 is 1.00 bits per heavy atom. The standard InChI is InChI=1S/C31H34ClF3N4O4/c1-37(20-24-13-18-43-36-24)28(40)26-8-7-25(19-27(26)32)38-14-9-21(10-15-38)22-11-16-39(17-12-22)29(41)30(42,31(33,34)35)23-5-3-2-4-6-23/h2-8,13,18-19,21-22,42H,9-12,14-17,20H2,1H3/t30-/m1/s1. The van der Waals surface area contributed by atoms with Gasteiger partial charge < -0.3 is 24.3 Å². The molecule has 3 aromatic rings. The van der Waals surface area contributed by atoms with Crippen LogP contribution in [0.25, 0.3) is 0 Å². The highest BCUT2D eigenvalue weighted by atomic mass is 35.5. The zero-order valence-electron chi connectivity index (χ0n) is 23.8. The van der Waals surface area contributed by atoms with E-state index in [1.807, 2.05) is 6.07 Å². The number of aromatic nitrogens is 1. The van der Waals surface area contributed by atoms with Crippen molar-refractivity contribution >= 4 is 29.1 Å². The molecular weight excluding hydrogens is 585 g/mol. The fraction of sp³-hybridized carbons (Fsp3) is 0.452. The lowest BCUT2D eigenvalue weighted by Gasteiger charge is -2.42. The summed E-state index contributed by atoms with van der Waals surface area (Å²) in [6, 6.07) is 13.7. The molecule has 5 rings (SSSR count). The van der Waals surface area contributed by atoms with Crippen LogP contribution in [0.5, 0.6) is 0 Å². The second-order valence-electron chi connectivity index (χ2n) is 11.3. The van der Waals surface area contributed by atoms with Crippen molar-refractivity contribution in [3.8, 4) is 0 Å². The van der Waals surface area contributed by atoms with Crippen LogP contribution in [-0.2, 0) is 16.9 Å². The zero-order valence-corrected chi connectivity index (χ0v) is 24.5. The molecule has 0 unspecified atom stereocenters. The van der Waals surface area contributed by atoms with E-state index >= 15 is 0 Å². The van der Waals surface area contributed by atoms with Crippen LogP contribution in [0.15, 0.2) is 65.4 Å². The first kappa shape index (κ1) is 30.9. The van der Waals surface area contributed by atoms with Crippen LogP contribution < -0.4 is 4.90 Å². The normalized spacial score (nSPS) is 18.4. The number of carbonyl (C=O) groups excluding carboxylic acids is 2. The molecule has 43 heavy (non-hydrogen) atoms. The third kappa shape index (κ3) is 6.38. The van der Waals surface area contributed by atoms with Gasteiger partial charge in [0.25, 0.3) is 17.4 Å². The largest absolute Gasteiger partial charge is 0.430 e. The average molecular weight is 619 g/mol. The van der Waals surface area contributed by atoms with E-state index in [0.717, 1.165) is 48.7 Å². The van der Waals surface area contributed by atoms with Crippen molar-refractivity contribution in [2.24, 2.45) is 11.8 Å². The van der Waals surface area contributed by atoms with Crippen molar-refractivity contribution in [3.05, 3.63) is 82.7 Å². The van der Waals surface area contributed by atoms with Gasteiger partial charge in [0.2, 0.25) is 0 Å². The van der Waals surface area contributed by atoms with E-state index in [1.165, 1.54) is 29.4 Å². The molecule has 1 aromatic heterocycles. The number of anilines is 1. The molecular formula is C31H34ClF3N4O4. The van der Waals surface area contributed by atoms with Gasteiger partial charge in [0.1, 0.15) is 12.0 Å². The lowest BCUT2D eigenvalue weighted by molar-refractivity contribution is -0.262. The predicted molar refractivity (Wildman–Crippen MR) is 154 cm³/mol. The summed E-state index contributed by atoms with van der Waals surface area (Å²) in [6.07, 6.45) is -0.723. The number of amides is 2. The minimum absolute atomic E-state index is 0.172. The van der Waals surface area contributed by atoms with Crippen molar-refractivity contribution in [2.75, 3.05) is 38.1 Å². The van der Waals surface area contributed by atoms with E-state index in [9.17, 15) is 27.9 Å². The van der Waals surface area contributed by atoms with Crippen LogP contribution >= 0.6 is 11.6 Å². The number of nitrogens with zero attached hydrogens (tertiary/aromatic N) is 4. The van der Waals surface area contributed by atoms with Crippen molar-refractivity contribution in [3.63, 3.8) is 0 Å². The maximum Gasteiger partial charge on any atom is 0.430 e. The Labute approximate surface area is 253 Å². The van der Waals surface area contributed by atoms with E-state index in [4.69, 9.17) is 16.1 Å². The van der Waals surface area contributed by atoms with Crippen molar-refractivity contribution in [1.82, 2.24) is 15.0 Å². The number of likely N-dealkylation sites (tertiary alicyclic amines) is 1. The molecule has 0 bridgehead atoms. The fourth-order valence-electron chi connectivity index (χ4n) is 6.23. The van der Waals surface area contributed by atoms with Gasteiger partial charge in [-0.2, -0.15) is 13.2 Å². The molecule has 0 spiro atoms. The number of rotatable bonds is 7. The van der Waals surface area contributed by atoms with Crippen LogP contribution in [0, 0.1) is 11.8 Å². The van der Waals surface area contributed by atoms with Crippen LogP contribution in [0.3, 0.4) is 0 Å². The molecule has 230 valence electrons. The Morgan fingerprint density at radius 2 is 1.63 bits per heavy atom. The molecule has 12 heteroatoms. The summed E-state index contributed by atoms with van der Waals surface area (Å²) in [7, 11) is 1.67. The highest BCUT2D eigenvalue weighted by Crippen LogP contribution is 2.42. The second kappa shape index (κ2) is 12.6. The van der Waals surface area contributed by atoms with Crippen LogP contribution in [-0.4, -0.2) is 71.3 Å². The van der Waals surface area contributed by atoms with Crippen molar-refractivity contribution in [1.29, 1.82) is 0 Å². The third-order valence-corrected chi connectivity index (χ3v) is 9.04. The fourth-order valence-corrected chi connectivity index (χ4v) is 6.49. The highest BCUT2D eigenvalue weighted by molar-refractivity contribution is 6.34. The van der Waals surface area contributed by atoms with Crippen molar-refractivity contribution < 1.29 is 32.4 Å². The Kier molecular flexibility index (Phi) is 9.03. The second-order valence-corrected chi connectivity index (χ2v) is 11.8. The lowest BCUT2D eigenvalue weighted by atomic mass is 9.78. The molecule has 2 aliphatic rings. The number of aliphatic hydroxyl groups is 1. The number of benzene rings is 2. The molecule has 0 aliphatic carbocycles. The number of alkyl halides is 3. The Morgan fingerprint density at radius 3 is 2.19 bits per heavy atom. The number of carbonyl (C=O) groups is 2. The summed E-state index contributed by atoms with van der Waals surface area (Å²) < 4.78 is 46.8. The van der Waals surface area contributed by atoms with E-state index < -0.39 is 23.2 Å². The Hall–Kier alpha value is -3.57. The van der Waals surface area contributed by atoms with Gasteiger partial charge in [-0.1, -0.05) is 47.1 Å². The molecule has 2 fully saturated rings. The van der Waals surface area contributed by atoms with Crippen LogP contribution in [0.2, 0.25) is 5.02 Å². The topological polar surface area (TPSA) is 90.1 Å². The quantitative estimate of drug-likeness (QED) is 0.376. The summed E-state index contributed by atoms with van der Waals surface area (Å²) in [6.45, 7) is 2.20. The number of hydrogen-bond acceptors (Lipinski definition) is 6. The predicted octanol–water partition coefficient (Wildman–Crippen LogP) is 5.51. The number of piperidine rings is 2. The first-order valence-electron chi connectivity index (χ1n) is 14.3. The van der Waals surface area contributed by atoms with Gasteiger partial charge in [0.05, 0.1) is 17.1 Å². The summed E-state index contributed by atoms with van der Waals surface area (Å²) >= 11 is 6.53. The molecule has 2 aliphatic heterocycles. The molecule has 1 atom stereocenters. The first-order chi connectivity index (χ1) is 20.5. The smallest absolute Gasteiger partial charge is 0.371 e. The Bertz CT molecular complexity index is 1410. The summed E-state index contributed by atoms with van der Waals surface area (Å²) in [5, 5.41) is 14.9. The van der Waals surface area contributed by atoms with Gasteiger partial charge >= 0.3 is 6.18 Å². The molecule has 0 saturated carbocycles. The molecule has 2 aromatic carbocycles. The summed E-state index contributed by atoms with van der Waals surface area (Å²) in [4.78, 5) is 30.9. The third-order valence-electron chi connectivity index (χ3n) is 8.73. The van der Waals surface area contributed by atoms with Gasteiger partial charge in [-0.05, 0) is 55.7 Å². The summed E-state index contributed by atoms with van der Waals surface area (Å²) in [5.74, 6) is -0.875. The van der Waals surface area contributed by atoms with E-state index in [2.05, 4.69) is 10.1 Å². The van der Waals surface area contributed by atoms with Crippen LogP contribution in [0.4, 0.5) is 18.9 Å². The monoisotopic (exact) mass is 618 g/mol. The molecule has 0 radical (unpaired) electrons. The van der Waals surface area contributed by atoms with Gasteiger partial charge in [0.15, 0.2) is 0 Å².